The summed E-state index contributed by atoms with van der Waals surface area (Å²) in [5.41, 5.74) is 0.640. The Hall–Kier alpha value is -2.91. The predicted molar refractivity (Wildman–Crippen MR) is 102 cm³/mol. The molecule has 10 heteroatoms. The fourth-order valence-electron chi connectivity index (χ4n) is 2.63. The molecule has 0 radical (unpaired) electrons. The quantitative estimate of drug-likeness (QED) is 0.565. The van der Waals surface area contributed by atoms with Crippen LogP contribution in [0.5, 0.6) is 23.3 Å². The highest BCUT2D eigenvalue weighted by molar-refractivity contribution is 5.74. The Balaban J connectivity index is 2.42. The van der Waals surface area contributed by atoms with Crippen LogP contribution in [0.4, 0.5) is 19.0 Å². The maximum Gasteiger partial charge on any atom is 0.573 e. The van der Waals surface area contributed by atoms with E-state index in [0.29, 0.717) is 17.9 Å². The van der Waals surface area contributed by atoms with Crippen molar-refractivity contribution in [1.82, 2.24) is 9.97 Å². The van der Waals surface area contributed by atoms with Gasteiger partial charge in [0, 0.05) is 18.2 Å². The first-order valence-corrected chi connectivity index (χ1v) is 9.01. The minimum Gasteiger partial charge on any atom is -0.496 e. The second-order valence-electron chi connectivity index (χ2n) is 5.98. The Labute approximate surface area is 167 Å². The van der Waals surface area contributed by atoms with Gasteiger partial charge in [-0.25, -0.2) is 4.98 Å². The molecule has 0 fully saturated rings. The fourth-order valence-corrected chi connectivity index (χ4v) is 2.63. The minimum atomic E-state index is -4.81. The van der Waals surface area contributed by atoms with Gasteiger partial charge in [0.2, 0.25) is 5.88 Å². The van der Waals surface area contributed by atoms with E-state index in [1.165, 1.54) is 27.4 Å². The van der Waals surface area contributed by atoms with E-state index in [1.54, 1.807) is 0 Å². The van der Waals surface area contributed by atoms with Crippen LogP contribution in [0, 0.1) is 0 Å². The van der Waals surface area contributed by atoms with Crippen LogP contribution >= 0.6 is 0 Å². The molecule has 0 spiro atoms. The van der Waals surface area contributed by atoms with E-state index in [-0.39, 0.29) is 23.2 Å². The number of nitrogens with one attached hydrogen (secondary N) is 1. The van der Waals surface area contributed by atoms with Gasteiger partial charge in [-0.1, -0.05) is 19.8 Å². The number of alkyl halides is 3. The summed E-state index contributed by atoms with van der Waals surface area (Å²) in [7, 11) is 4.21. The second-order valence-corrected chi connectivity index (χ2v) is 5.98. The lowest BCUT2D eigenvalue weighted by Crippen LogP contribution is -2.17. The van der Waals surface area contributed by atoms with Crippen molar-refractivity contribution >= 4 is 5.82 Å². The zero-order valence-corrected chi connectivity index (χ0v) is 16.7. The van der Waals surface area contributed by atoms with Crippen molar-refractivity contribution in [2.75, 3.05) is 33.2 Å². The molecule has 0 saturated heterocycles. The first-order chi connectivity index (χ1) is 13.8. The van der Waals surface area contributed by atoms with Crippen molar-refractivity contribution in [2.24, 2.45) is 0 Å². The third-order valence-corrected chi connectivity index (χ3v) is 3.95. The normalized spacial score (nSPS) is 11.1. The average molecular weight is 415 g/mol. The second kappa shape index (κ2) is 10.0. The highest BCUT2D eigenvalue weighted by Gasteiger charge is 2.31. The van der Waals surface area contributed by atoms with Gasteiger partial charge >= 0.3 is 6.36 Å². The van der Waals surface area contributed by atoms with E-state index in [1.807, 2.05) is 0 Å². The number of aromatic nitrogens is 2. The van der Waals surface area contributed by atoms with Crippen LogP contribution in [0.3, 0.4) is 0 Å². The lowest BCUT2D eigenvalue weighted by atomic mass is 10.1. The number of rotatable bonds is 10. The molecule has 0 unspecified atom stereocenters. The smallest absolute Gasteiger partial charge is 0.496 e. The number of methoxy groups -OCH3 is 3. The molecule has 0 saturated carbocycles. The summed E-state index contributed by atoms with van der Waals surface area (Å²) in [4.78, 5) is 8.83. The highest BCUT2D eigenvalue weighted by atomic mass is 19.4. The maximum absolute atomic E-state index is 12.5. The molecule has 160 valence electrons. The number of halogens is 3. The van der Waals surface area contributed by atoms with Crippen LogP contribution < -0.4 is 24.3 Å². The summed E-state index contributed by atoms with van der Waals surface area (Å²) in [6, 6.07) is 3.67. The predicted octanol–water partition coefficient (Wildman–Crippen LogP) is 4.67. The fraction of sp³-hybridized carbons (Fsp3) is 0.474. The maximum atomic E-state index is 12.5. The van der Waals surface area contributed by atoms with Gasteiger partial charge in [0.1, 0.15) is 17.2 Å². The Bertz CT molecular complexity index is 816. The summed E-state index contributed by atoms with van der Waals surface area (Å²) in [5.74, 6) is 0.526. The molecule has 7 nitrogen and oxygen atoms in total. The van der Waals surface area contributed by atoms with E-state index in [4.69, 9.17) is 14.2 Å². The third kappa shape index (κ3) is 6.03. The van der Waals surface area contributed by atoms with Crippen LogP contribution in [0.15, 0.2) is 18.2 Å². The Morgan fingerprint density at radius 1 is 0.966 bits per heavy atom. The molecule has 0 amide bonds. The van der Waals surface area contributed by atoms with Crippen molar-refractivity contribution in [1.29, 1.82) is 0 Å². The first-order valence-electron chi connectivity index (χ1n) is 9.01. The summed E-state index contributed by atoms with van der Waals surface area (Å²) < 4.78 is 57.3. The van der Waals surface area contributed by atoms with Gasteiger partial charge in [-0.15, -0.1) is 13.2 Å². The molecule has 2 aromatic rings. The van der Waals surface area contributed by atoms with E-state index in [9.17, 15) is 13.2 Å². The molecule has 1 aromatic heterocycles. The molecular formula is C19H24F3N3O4. The van der Waals surface area contributed by atoms with E-state index in [2.05, 4.69) is 26.9 Å². The summed E-state index contributed by atoms with van der Waals surface area (Å²) in [5, 5.41) is 3.16. The van der Waals surface area contributed by atoms with Crippen molar-refractivity contribution < 1.29 is 32.1 Å². The molecule has 0 atom stereocenters. The zero-order chi connectivity index (χ0) is 21.4. The minimum absolute atomic E-state index is 0.116. The van der Waals surface area contributed by atoms with Crippen molar-refractivity contribution in [3.63, 3.8) is 0 Å². The van der Waals surface area contributed by atoms with E-state index < -0.39 is 12.1 Å². The van der Waals surface area contributed by atoms with Gasteiger partial charge in [0.25, 0.3) is 5.88 Å². The highest BCUT2D eigenvalue weighted by Crippen LogP contribution is 2.39. The summed E-state index contributed by atoms with van der Waals surface area (Å²) >= 11 is 0. The zero-order valence-electron chi connectivity index (χ0n) is 16.7. The van der Waals surface area contributed by atoms with Gasteiger partial charge in [-0.3, -0.25) is 0 Å². The Kier molecular flexibility index (Phi) is 7.74. The molecule has 1 N–H and O–H groups in total. The molecule has 0 aliphatic heterocycles. The number of hydrogen-bond donors (Lipinski definition) is 1. The van der Waals surface area contributed by atoms with Gasteiger partial charge in [0.15, 0.2) is 5.82 Å². The molecule has 0 bridgehead atoms. The number of benzene rings is 1. The molecule has 1 aromatic carbocycles. The van der Waals surface area contributed by atoms with Crippen LogP contribution in [0.1, 0.15) is 26.2 Å². The van der Waals surface area contributed by atoms with Gasteiger partial charge in [-0.05, 0) is 18.6 Å². The van der Waals surface area contributed by atoms with Crippen LogP contribution in [-0.4, -0.2) is 44.2 Å². The Morgan fingerprint density at radius 3 is 2.28 bits per heavy atom. The topological polar surface area (TPSA) is 74.7 Å². The molecule has 1 heterocycles. The van der Waals surface area contributed by atoms with Gasteiger partial charge in [-0.2, -0.15) is 4.98 Å². The van der Waals surface area contributed by atoms with Crippen molar-refractivity contribution in [2.45, 2.75) is 32.5 Å². The van der Waals surface area contributed by atoms with Gasteiger partial charge in [0.05, 0.1) is 21.3 Å². The molecular weight excluding hydrogens is 391 g/mol. The lowest BCUT2D eigenvalue weighted by Gasteiger charge is -2.16. The number of ether oxygens (including phenoxy) is 4. The van der Waals surface area contributed by atoms with E-state index in [0.717, 1.165) is 31.4 Å². The van der Waals surface area contributed by atoms with Crippen molar-refractivity contribution in [3.05, 3.63) is 18.2 Å². The average Bonchev–Trinajstić information content (AvgIpc) is 2.69. The SMILES string of the molecule is CCCCCNc1nc(OC)c(-c2ccc(OC(F)(F)F)cc2OC)nc1OC. The molecule has 29 heavy (non-hydrogen) atoms. The molecule has 0 aliphatic rings. The largest absolute Gasteiger partial charge is 0.573 e. The number of nitrogens with zero attached hydrogens (tertiary/aromatic N) is 2. The van der Waals surface area contributed by atoms with Crippen molar-refractivity contribution in [3.8, 4) is 34.5 Å². The standard InChI is InChI=1S/C19H24F3N3O4/c1-5-6-7-10-23-16-18(28-4)24-15(17(25-16)27-3)13-9-8-12(11-14(13)26-2)29-19(20,21)22/h8-9,11H,5-7,10H2,1-4H3,(H,23,25). The summed E-state index contributed by atoms with van der Waals surface area (Å²) in [6.45, 7) is 2.80. The number of anilines is 1. The van der Waals surface area contributed by atoms with E-state index >= 15 is 0 Å². The number of unbranched alkanes of at least 4 members (excludes halogenated alkanes) is 2. The van der Waals surface area contributed by atoms with Crippen LogP contribution in [-0.2, 0) is 0 Å². The van der Waals surface area contributed by atoms with Crippen LogP contribution in [0.25, 0.3) is 11.3 Å². The van der Waals surface area contributed by atoms with Gasteiger partial charge < -0.3 is 24.3 Å². The molecule has 2 rings (SSSR count). The third-order valence-electron chi connectivity index (χ3n) is 3.95. The molecule has 0 aliphatic carbocycles. The lowest BCUT2D eigenvalue weighted by molar-refractivity contribution is -0.274. The monoisotopic (exact) mass is 415 g/mol. The Morgan fingerprint density at radius 2 is 1.69 bits per heavy atom. The van der Waals surface area contributed by atoms with Crippen LogP contribution in [0.2, 0.25) is 0 Å². The summed E-state index contributed by atoms with van der Waals surface area (Å²) in [6.07, 6.45) is -1.69. The first kappa shape index (κ1) is 22.4. The number of hydrogen-bond acceptors (Lipinski definition) is 7.